The van der Waals surface area contributed by atoms with Crippen molar-refractivity contribution < 1.29 is 9.21 Å². The third kappa shape index (κ3) is 2.81. The minimum absolute atomic E-state index is 0.113. The fourth-order valence-corrected chi connectivity index (χ4v) is 4.20. The smallest absolute Gasteiger partial charge is 0.290 e. The molecule has 3 aromatic rings. The molecule has 0 fully saturated rings. The van der Waals surface area contributed by atoms with Crippen LogP contribution in [0.15, 0.2) is 50.1 Å². The van der Waals surface area contributed by atoms with Gasteiger partial charge in [-0.25, -0.2) is 0 Å². The van der Waals surface area contributed by atoms with E-state index in [1.165, 1.54) is 0 Å². The SMILES string of the molecule is CCCN1C(=O)c2oc3c(C)cc(C)cc3c(=O)c2C1c1ccc(Br)cc1. The molecule has 0 radical (unpaired) electrons. The van der Waals surface area contributed by atoms with E-state index in [2.05, 4.69) is 15.9 Å². The predicted molar refractivity (Wildman–Crippen MR) is 109 cm³/mol. The van der Waals surface area contributed by atoms with Crippen LogP contribution in [0, 0.1) is 13.8 Å². The first-order valence-corrected chi connectivity index (χ1v) is 9.86. The first-order chi connectivity index (χ1) is 12.9. The zero-order valence-corrected chi connectivity index (χ0v) is 17.1. The Hall–Kier alpha value is -2.40. The fourth-order valence-electron chi connectivity index (χ4n) is 3.94. The van der Waals surface area contributed by atoms with Crippen LogP contribution in [0.25, 0.3) is 11.0 Å². The molecular weight excluding hydrogens is 406 g/mol. The van der Waals surface area contributed by atoms with Crippen molar-refractivity contribution in [1.29, 1.82) is 0 Å². The minimum atomic E-state index is -0.415. The first kappa shape index (κ1) is 18.0. The van der Waals surface area contributed by atoms with Gasteiger partial charge >= 0.3 is 0 Å². The molecule has 0 saturated carbocycles. The van der Waals surface area contributed by atoms with E-state index in [1.807, 2.05) is 57.2 Å². The Labute approximate surface area is 165 Å². The largest absolute Gasteiger partial charge is 0.450 e. The number of aryl methyl sites for hydroxylation is 2. The van der Waals surface area contributed by atoms with Gasteiger partial charge in [0.2, 0.25) is 5.76 Å². The topological polar surface area (TPSA) is 50.5 Å². The average molecular weight is 426 g/mol. The summed E-state index contributed by atoms with van der Waals surface area (Å²) < 4.78 is 6.99. The van der Waals surface area contributed by atoms with Crippen molar-refractivity contribution in [3.63, 3.8) is 0 Å². The Morgan fingerprint density at radius 1 is 1.11 bits per heavy atom. The molecule has 2 aromatic carbocycles. The van der Waals surface area contributed by atoms with Gasteiger partial charge in [-0.1, -0.05) is 41.1 Å². The highest BCUT2D eigenvalue weighted by atomic mass is 79.9. The van der Waals surface area contributed by atoms with Crippen LogP contribution in [-0.4, -0.2) is 17.4 Å². The summed E-state index contributed by atoms with van der Waals surface area (Å²) in [6.07, 6.45) is 0.804. The maximum atomic E-state index is 13.4. The average Bonchev–Trinajstić information content (AvgIpc) is 2.90. The number of hydrogen-bond donors (Lipinski definition) is 0. The molecule has 0 aliphatic carbocycles. The lowest BCUT2D eigenvalue weighted by molar-refractivity contribution is 0.0728. The summed E-state index contributed by atoms with van der Waals surface area (Å²) in [6.45, 7) is 6.45. The van der Waals surface area contributed by atoms with E-state index >= 15 is 0 Å². The highest BCUT2D eigenvalue weighted by molar-refractivity contribution is 9.10. The predicted octanol–water partition coefficient (Wildman–Crippen LogP) is 5.13. The van der Waals surface area contributed by atoms with Gasteiger partial charge < -0.3 is 9.32 Å². The van der Waals surface area contributed by atoms with Gasteiger partial charge in [-0.3, -0.25) is 9.59 Å². The van der Waals surface area contributed by atoms with Crippen molar-refractivity contribution in [3.05, 3.63) is 79.1 Å². The third-order valence-electron chi connectivity index (χ3n) is 5.05. The van der Waals surface area contributed by atoms with Gasteiger partial charge in [-0.05, 0) is 55.2 Å². The summed E-state index contributed by atoms with van der Waals surface area (Å²) in [5.74, 6) is -0.0282. The van der Waals surface area contributed by atoms with Gasteiger partial charge in [0, 0.05) is 11.0 Å². The number of carbonyl (C=O) groups excluding carboxylic acids is 1. The van der Waals surface area contributed by atoms with Gasteiger partial charge in [0.05, 0.1) is 17.0 Å². The van der Waals surface area contributed by atoms with Crippen LogP contribution in [0.3, 0.4) is 0 Å². The molecule has 5 heteroatoms. The number of fused-ring (bicyclic) bond motifs is 2. The van der Waals surface area contributed by atoms with Crippen molar-refractivity contribution in [2.75, 3.05) is 6.54 Å². The quantitative estimate of drug-likeness (QED) is 0.584. The van der Waals surface area contributed by atoms with Crippen LogP contribution in [0.1, 0.15) is 52.2 Å². The van der Waals surface area contributed by atoms with Crippen molar-refractivity contribution >= 4 is 32.8 Å². The molecule has 1 aliphatic heterocycles. The summed E-state index contributed by atoms with van der Waals surface area (Å²) in [6, 6.07) is 11.2. The number of rotatable bonds is 3. The normalized spacial score (nSPS) is 16.2. The van der Waals surface area contributed by atoms with Gasteiger partial charge in [0.1, 0.15) is 5.58 Å². The number of carbonyl (C=O) groups is 1. The lowest BCUT2D eigenvalue weighted by Gasteiger charge is -2.24. The molecule has 1 amide bonds. The molecule has 0 spiro atoms. The Morgan fingerprint density at radius 3 is 2.48 bits per heavy atom. The van der Waals surface area contributed by atoms with Gasteiger partial charge in [-0.2, -0.15) is 0 Å². The monoisotopic (exact) mass is 425 g/mol. The molecule has 2 heterocycles. The number of nitrogens with zero attached hydrogens (tertiary/aromatic N) is 1. The summed E-state index contributed by atoms with van der Waals surface area (Å²) in [7, 11) is 0. The number of halogens is 1. The van der Waals surface area contributed by atoms with E-state index < -0.39 is 6.04 Å². The molecule has 138 valence electrons. The number of benzene rings is 2. The molecule has 0 bridgehead atoms. The van der Waals surface area contributed by atoms with Crippen LogP contribution in [-0.2, 0) is 0 Å². The van der Waals surface area contributed by atoms with Crippen LogP contribution < -0.4 is 5.43 Å². The Morgan fingerprint density at radius 2 is 1.81 bits per heavy atom. The van der Waals surface area contributed by atoms with Gasteiger partial charge in [0.25, 0.3) is 5.91 Å². The van der Waals surface area contributed by atoms with Gasteiger partial charge in [0.15, 0.2) is 5.43 Å². The van der Waals surface area contributed by atoms with E-state index in [0.29, 0.717) is 23.1 Å². The minimum Gasteiger partial charge on any atom is -0.450 e. The van der Waals surface area contributed by atoms with E-state index in [-0.39, 0.29) is 17.1 Å². The number of amides is 1. The molecule has 1 atom stereocenters. The first-order valence-electron chi connectivity index (χ1n) is 9.06. The van der Waals surface area contributed by atoms with E-state index in [0.717, 1.165) is 27.6 Å². The van der Waals surface area contributed by atoms with Crippen molar-refractivity contribution in [2.45, 2.75) is 33.2 Å². The Kier molecular flexibility index (Phi) is 4.42. The van der Waals surface area contributed by atoms with Crippen molar-refractivity contribution in [1.82, 2.24) is 4.90 Å². The number of hydrogen-bond acceptors (Lipinski definition) is 3. The summed E-state index contributed by atoms with van der Waals surface area (Å²) in [5.41, 5.74) is 3.63. The molecule has 0 saturated heterocycles. The molecule has 4 rings (SSSR count). The molecular formula is C22H20BrNO3. The lowest BCUT2D eigenvalue weighted by Crippen LogP contribution is -2.30. The fraction of sp³-hybridized carbons (Fsp3) is 0.273. The van der Waals surface area contributed by atoms with E-state index in [9.17, 15) is 9.59 Å². The Balaban J connectivity index is 2.04. The zero-order chi connectivity index (χ0) is 19.3. The Bertz CT molecular complexity index is 1120. The lowest BCUT2D eigenvalue weighted by atomic mass is 9.97. The second kappa shape index (κ2) is 6.64. The second-order valence-corrected chi connectivity index (χ2v) is 8.00. The van der Waals surface area contributed by atoms with Crippen molar-refractivity contribution in [3.8, 4) is 0 Å². The summed E-state index contributed by atoms with van der Waals surface area (Å²) in [4.78, 5) is 28.3. The molecule has 4 nitrogen and oxygen atoms in total. The molecule has 1 aliphatic rings. The summed E-state index contributed by atoms with van der Waals surface area (Å²) in [5, 5.41) is 0.541. The highest BCUT2D eigenvalue weighted by Gasteiger charge is 2.42. The second-order valence-electron chi connectivity index (χ2n) is 7.09. The maximum absolute atomic E-state index is 13.4. The van der Waals surface area contributed by atoms with Crippen LogP contribution in [0.4, 0.5) is 0 Å². The van der Waals surface area contributed by atoms with Crippen LogP contribution in [0.5, 0.6) is 0 Å². The van der Waals surface area contributed by atoms with Gasteiger partial charge in [-0.15, -0.1) is 0 Å². The van der Waals surface area contributed by atoms with Crippen molar-refractivity contribution in [2.24, 2.45) is 0 Å². The van der Waals surface area contributed by atoms with E-state index in [1.54, 1.807) is 4.90 Å². The third-order valence-corrected chi connectivity index (χ3v) is 5.58. The molecule has 27 heavy (non-hydrogen) atoms. The standard InChI is InChI=1S/C22H20BrNO3/c1-4-9-24-18(14-5-7-15(23)8-6-14)17-19(25)16-11-12(2)10-13(3)20(16)27-21(17)22(24)26/h5-8,10-11,18H,4,9H2,1-3H3. The highest BCUT2D eigenvalue weighted by Crippen LogP contribution is 2.39. The maximum Gasteiger partial charge on any atom is 0.290 e. The molecule has 1 unspecified atom stereocenters. The van der Waals surface area contributed by atoms with Crippen LogP contribution >= 0.6 is 15.9 Å². The van der Waals surface area contributed by atoms with E-state index in [4.69, 9.17) is 4.42 Å². The molecule has 0 N–H and O–H groups in total. The zero-order valence-electron chi connectivity index (χ0n) is 15.5. The molecule has 1 aromatic heterocycles. The van der Waals surface area contributed by atoms with Crippen LogP contribution in [0.2, 0.25) is 0 Å². The summed E-state index contributed by atoms with van der Waals surface area (Å²) >= 11 is 3.45.